The molecule has 0 heterocycles. The molecule has 2 nitrogen and oxygen atoms in total. The van der Waals surface area contributed by atoms with Crippen molar-refractivity contribution in [1.29, 1.82) is 0 Å². The van der Waals surface area contributed by atoms with Gasteiger partial charge in [0.05, 0.1) is 12.2 Å². The first-order chi connectivity index (χ1) is 10.8. The monoisotopic (exact) mass is 298 g/mol. The Bertz CT molecular complexity index is 584. The van der Waals surface area contributed by atoms with Crippen molar-refractivity contribution in [3.8, 4) is 0 Å². The van der Waals surface area contributed by atoms with Crippen molar-refractivity contribution in [2.45, 2.75) is 51.9 Å². The van der Waals surface area contributed by atoms with Crippen molar-refractivity contribution < 1.29 is 9.53 Å². The molecule has 0 bridgehead atoms. The van der Waals surface area contributed by atoms with E-state index in [0.29, 0.717) is 12.2 Å². The van der Waals surface area contributed by atoms with Crippen LogP contribution in [0.2, 0.25) is 0 Å². The molecule has 0 fully saturated rings. The average Bonchev–Trinajstić information content (AvgIpc) is 2.56. The number of hydrogen-bond acceptors (Lipinski definition) is 2. The summed E-state index contributed by atoms with van der Waals surface area (Å²) in [5, 5.41) is 2.04. The smallest absolute Gasteiger partial charge is 0.338 e. The first-order valence-corrected chi connectivity index (χ1v) is 8.48. The maximum atomic E-state index is 12.2. The minimum Gasteiger partial charge on any atom is -0.462 e. The van der Waals surface area contributed by atoms with Crippen molar-refractivity contribution in [3.63, 3.8) is 0 Å². The van der Waals surface area contributed by atoms with Gasteiger partial charge in [-0.25, -0.2) is 4.79 Å². The predicted octanol–water partition coefficient (Wildman–Crippen LogP) is 5.75. The van der Waals surface area contributed by atoms with Crippen molar-refractivity contribution in [3.05, 3.63) is 48.0 Å². The lowest BCUT2D eigenvalue weighted by Crippen LogP contribution is -2.07. The molecule has 2 heteroatoms. The molecule has 22 heavy (non-hydrogen) atoms. The van der Waals surface area contributed by atoms with Gasteiger partial charge in [0.15, 0.2) is 0 Å². The van der Waals surface area contributed by atoms with E-state index in [2.05, 4.69) is 6.92 Å². The Kier molecular flexibility index (Phi) is 6.95. The Morgan fingerprint density at radius 1 is 0.864 bits per heavy atom. The Morgan fingerprint density at radius 2 is 1.55 bits per heavy atom. The summed E-state index contributed by atoms with van der Waals surface area (Å²) in [6.07, 6.45) is 8.58. The molecule has 0 radical (unpaired) electrons. The maximum Gasteiger partial charge on any atom is 0.338 e. The Morgan fingerprint density at radius 3 is 2.36 bits per heavy atom. The third-order valence-corrected chi connectivity index (χ3v) is 3.99. The fourth-order valence-corrected chi connectivity index (χ4v) is 2.71. The molecule has 0 atom stereocenters. The van der Waals surface area contributed by atoms with E-state index in [-0.39, 0.29) is 5.97 Å². The highest BCUT2D eigenvalue weighted by Crippen LogP contribution is 2.19. The van der Waals surface area contributed by atoms with E-state index in [1.807, 2.05) is 42.5 Å². The number of hydrogen-bond donors (Lipinski definition) is 0. The summed E-state index contributed by atoms with van der Waals surface area (Å²) in [6, 6.07) is 13.7. The van der Waals surface area contributed by atoms with Crippen LogP contribution < -0.4 is 0 Å². The number of benzene rings is 2. The molecule has 2 aromatic rings. The number of esters is 1. The molecule has 2 rings (SSSR count). The first kappa shape index (κ1) is 16.5. The minimum absolute atomic E-state index is 0.206. The third-order valence-electron chi connectivity index (χ3n) is 3.99. The molecule has 0 unspecified atom stereocenters. The number of ether oxygens (including phenoxy) is 1. The van der Waals surface area contributed by atoms with Crippen LogP contribution in [0.5, 0.6) is 0 Å². The molecule has 0 saturated heterocycles. The standard InChI is InChI=1S/C20H26O2/c1-2-3-4-5-6-7-10-16-22-20(21)19-15-11-13-17-12-8-9-14-18(17)19/h8-9,11-15H,2-7,10,16H2,1H3. The topological polar surface area (TPSA) is 26.3 Å². The van der Waals surface area contributed by atoms with Gasteiger partial charge >= 0.3 is 5.97 Å². The number of fused-ring (bicyclic) bond motifs is 1. The van der Waals surface area contributed by atoms with Gasteiger partial charge in [0.1, 0.15) is 0 Å². The molecule has 0 N–H and O–H groups in total. The zero-order chi connectivity index (χ0) is 15.6. The van der Waals surface area contributed by atoms with Gasteiger partial charge in [-0.3, -0.25) is 0 Å². The molecular weight excluding hydrogens is 272 g/mol. The van der Waals surface area contributed by atoms with Crippen LogP contribution in [0.4, 0.5) is 0 Å². The summed E-state index contributed by atoms with van der Waals surface area (Å²) in [6.45, 7) is 2.75. The van der Waals surface area contributed by atoms with Crippen LogP contribution in [0.25, 0.3) is 10.8 Å². The van der Waals surface area contributed by atoms with Gasteiger partial charge in [-0.1, -0.05) is 81.8 Å². The van der Waals surface area contributed by atoms with Crippen LogP contribution in [0, 0.1) is 0 Å². The van der Waals surface area contributed by atoms with Crippen molar-refractivity contribution >= 4 is 16.7 Å². The van der Waals surface area contributed by atoms with Gasteiger partial charge in [0, 0.05) is 0 Å². The second-order valence-electron chi connectivity index (χ2n) is 5.78. The molecule has 0 aliphatic heterocycles. The Balaban J connectivity index is 1.75. The van der Waals surface area contributed by atoms with Crippen LogP contribution in [-0.4, -0.2) is 12.6 Å². The zero-order valence-corrected chi connectivity index (χ0v) is 13.5. The van der Waals surface area contributed by atoms with Gasteiger partial charge < -0.3 is 4.74 Å². The van der Waals surface area contributed by atoms with E-state index >= 15 is 0 Å². The lowest BCUT2D eigenvalue weighted by molar-refractivity contribution is 0.0500. The number of unbranched alkanes of at least 4 members (excludes halogenated alkanes) is 6. The SMILES string of the molecule is CCCCCCCCCOC(=O)c1cccc2ccccc12. The van der Waals surface area contributed by atoms with Crippen LogP contribution >= 0.6 is 0 Å². The van der Waals surface area contributed by atoms with Crippen molar-refractivity contribution in [2.24, 2.45) is 0 Å². The molecule has 0 aliphatic rings. The van der Waals surface area contributed by atoms with E-state index in [1.165, 1.54) is 32.1 Å². The quantitative estimate of drug-likeness (QED) is 0.435. The molecule has 0 saturated carbocycles. The Hall–Kier alpha value is -1.83. The van der Waals surface area contributed by atoms with Gasteiger partial charge in [0.25, 0.3) is 0 Å². The van der Waals surface area contributed by atoms with E-state index in [1.54, 1.807) is 0 Å². The fraction of sp³-hybridized carbons (Fsp3) is 0.450. The van der Waals surface area contributed by atoms with E-state index in [4.69, 9.17) is 4.74 Å². The van der Waals surface area contributed by atoms with Gasteiger partial charge in [-0.05, 0) is 23.3 Å². The summed E-state index contributed by atoms with van der Waals surface area (Å²) < 4.78 is 5.42. The summed E-state index contributed by atoms with van der Waals surface area (Å²) in [7, 11) is 0. The van der Waals surface area contributed by atoms with Crippen molar-refractivity contribution in [1.82, 2.24) is 0 Å². The van der Waals surface area contributed by atoms with Crippen LogP contribution in [0.1, 0.15) is 62.2 Å². The average molecular weight is 298 g/mol. The normalized spacial score (nSPS) is 10.8. The van der Waals surface area contributed by atoms with Gasteiger partial charge in [-0.15, -0.1) is 0 Å². The summed E-state index contributed by atoms with van der Waals surface area (Å²) in [4.78, 5) is 12.2. The summed E-state index contributed by atoms with van der Waals surface area (Å²) in [5.74, 6) is -0.206. The largest absolute Gasteiger partial charge is 0.462 e. The van der Waals surface area contributed by atoms with Crippen molar-refractivity contribution in [2.75, 3.05) is 6.61 Å². The van der Waals surface area contributed by atoms with E-state index in [9.17, 15) is 4.79 Å². The van der Waals surface area contributed by atoms with Crippen LogP contribution in [-0.2, 0) is 4.74 Å². The molecule has 118 valence electrons. The molecule has 0 aliphatic carbocycles. The predicted molar refractivity (Wildman–Crippen MR) is 92.2 cm³/mol. The minimum atomic E-state index is -0.206. The van der Waals surface area contributed by atoms with E-state index < -0.39 is 0 Å². The van der Waals surface area contributed by atoms with Crippen LogP contribution in [0.3, 0.4) is 0 Å². The summed E-state index contributed by atoms with van der Waals surface area (Å²) in [5.41, 5.74) is 0.668. The van der Waals surface area contributed by atoms with Gasteiger partial charge in [0.2, 0.25) is 0 Å². The highest BCUT2D eigenvalue weighted by Gasteiger charge is 2.10. The molecule has 2 aromatic carbocycles. The second kappa shape index (κ2) is 9.24. The first-order valence-electron chi connectivity index (χ1n) is 8.48. The molecule has 0 amide bonds. The fourth-order valence-electron chi connectivity index (χ4n) is 2.71. The zero-order valence-electron chi connectivity index (χ0n) is 13.5. The molecule has 0 aromatic heterocycles. The third kappa shape index (κ3) is 4.87. The number of rotatable bonds is 9. The highest BCUT2D eigenvalue weighted by atomic mass is 16.5. The van der Waals surface area contributed by atoms with E-state index in [0.717, 1.165) is 23.6 Å². The highest BCUT2D eigenvalue weighted by molar-refractivity contribution is 6.04. The van der Waals surface area contributed by atoms with Gasteiger partial charge in [-0.2, -0.15) is 0 Å². The molecular formula is C20H26O2. The number of carbonyl (C=O) groups excluding carboxylic acids is 1. The molecule has 0 spiro atoms. The second-order valence-corrected chi connectivity index (χ2v) is 5.78. The number of carbonyl (C=O) groups is 1. The lowest BCUT2D eigenvalue weighted by atomic mass is 10.0. The maximum absolute atomic E-state index is 12.2. The van der Waals surface area contributed by atoms with Crippen LogP contribution in [0.15, 0.2) is 42.5 Å². The lowest BCUT2D eigenvalue weighted by Gasteiger charge is -2.07. The summed E-state index contributed by atoms with van der Waals surface area (Å²) >= 11 is 0. The Labute approximate surface area is 133 Å².